The van der Waals surface area contributed by atoms with Gasteiger partial charge in [-0.05, 0) is 24.0 Å². The molecule has 0 fully saturated rings. The van der Waals surface area contributed by atoms with Gasteiger partial charge in [0, 0.05) is 12.0 Å². The number of hydrogen-bond acceptors (Lipinski definition) is 3. The van der Waals surface area contributed by atoms with E-state index in [2.05, 4.69) is 0 Å². The second-order valence-corrected chi connectivity index (χ2v) is 5.87. The van der Waals surface area contributed by atoms with Crippen LogP contribution in [0.5, 0.6) is 11.5 Å². The Morgan fingerprint density at radius 1 is 1.22 bits per heavy atom. The molecule has 0 aliphatic rings. The normalized spacial score (nSPS) is 11.6. The van der Waals surface area contributed by atoms with Crippen LogP contribution in [0.15, 0.2) is 12.1 Å². The SMILES string of the molecule is CCCc1c(O)ccc(C(=O)CC(C)(C)C)c1O. The van der Waals surface area contributed by atoms with Crippen molar-refractivity contribution in [3.8, 4) is 11.5 Å². The van der Waals surface area contributed by atoms with Gasteiger partial charge >= 0.3 is 0 Å². The van der Waals surface area contributed by atoms with Crippen molar-refractivity contribution < 1.29 is 15.0 Å². The molecular weight excluding hydrogens is 228 g/mol. The molecule has 1 aromatic carbocycles. The minimum absolute atomic E-state index is 0.0571. The molecule has 0 heterocycles. The number of ketones is 1. The van der Waals surface area contributed by atoms with Crippen molar-refractivity contribution in [2.45, 2.75) is 47.0 Å². The van der Waals surface area contributed by atoms with Gasteiger partial charge in [0.2, 0.25) is 0 Å². The van der Waals surface area contributed by atoms with Gasteiger partial charge in [-0.3, -0.25) is 4.79 Å². The van der Waals surface area contributed by atoms with Gasteiger partial charge in [0.05, 0.1) is 5.56 Å². The predicted octanol–water partition coefficient (Wildman–Crippen LogP) is 3.67. The number of phenols is 2. The Bertz CT molecular complexity index is 442. The minimum atomic E-state index is -0.119. The van der Waals surface area contributed by atoms with Crippen molar-refractivity contribution in [2.24, 2.45) is 5.41 Å². The maximum Gasteiger partial charge on any atom is 0.167 e. The third-order valence-corrected chi connectivity index (χ3v) is 2.75. The summed E-state index contributed by atoms with van der Waals surface area (Å²) in [5, 5.41) is 19.8. The molecular formula is C15H22O3. The number of carbonyl (C=O) groups excluding carboxylic acids is 1. The van der Waals surface area contributed by atoms with Gasteiger partial charge in [-0.25, -0.2) is 0 Å². The molecule has 18 heavy (non-hydrogen) atoms. The second-order valence-electron chi connectivity index (χ2n) is 5.87. The molecule has 0 aliphatic carbocycles. The van der Waals surface area contributed by atoms with Crippen molar-refractivity contribution in [1.29, 1.82) is 0 Å². The van der Waals surface area contributed by atoms with Crippen molar-refractivity contribution in [3.63, 3.8) is 0 Å². The van der Waals surface area contributed by atoms with Crippen molar-refractivity contribution in [1.82, 2.24) is 0 Å². The van der Waals surface area contributed by atoms with Crippen LogP contribution >= 0.6 is 0 Å². The molecule has 3 nitrogen and oxygen atoms in total. The van der Waals surface area contributed by atoms with E-state index in [1.807, 2.05) is 27.7 Å². The lowest BCUT2D eigenvalue weighted by Gasteiger charge is -2.18. The van der Waals surface area contributed by atoms with Crippen LogP contribution in [0, 0.1) is 5.41 Å². The van der Waals surface area contributed by atoms with Crippen LogP contribution in [-0.4, -0.2) is 16.0 Å². The number of hydrogen-bond donors (Lipinski definition) is 2. The topological polar surface area (TPSA) is 57.5 Å². The Hall–Kier alpha value is -1.51. The van der Waals surface area contributed by atoms with Gasteiger partial charge in [-0.1, -0.05) is 34.1 Å². The first-order valence-electron chi connectivity index (χ1n) is 6.33. The van der Waals surface area contributed by atoms with Gasteiger partial charge in [-0.15, -0.1) is 0 Å². The summed E-state index contributed by atoms with van der Waals surface area (Å²) in [6, 6.07) is 2.98. The van der Waals surface area contributed by atoms with E-state index in [-0.39, 0.29) is 22.7 Å². The zero-order valence-corrected chi connectivity index (χ0v) is 11.6. The Morgan fingerprint density at radius 3 is 2.33 bits per heavy atom. The summed E-state index contributed by atoms with van der Waals surface area (Å²) in [7, 11) is 0. The summed E-state index contributed by atoms with van der Waals surface area (Å²) in [4.78, 5) is 12.1. The van der Waals surface area contributed by atoms with E-state index in [1.165, 1.54) is 12.1 Å². The van der Waals surface area contributed by atoms with Crippen LogP contribution in [0.2, 0.25) is 0 Å². The summed E-state index contributed by atoms with van der Waals surface area (Å²) < 4.78 is 0. The molecule has 0 aromatic heterocycles. The summed E-state index contributed by atoms with van der Waals surface area (Å²) in [5.41, 5.74) is 0.662. The maximum absolute atomic E-state index is 12.1. The van der Waals surface area contributed by atoms with Crippen LogP contribution in [0.3, 0.4) is 0 Å². The Morgan fingerprint density at radius 2 is 1.83 bits per heavy atom. The van der Waals surface area contributed by atoms with Crippen molar-refractivity contribution in [3.05, 3.63) is 23.3 Å². The molecule has 1 rings (SSSR count). The maximum atomic E-state index is 12.1. The fourth-order valence-electron chi connectivity index (χ4n) is 1.92. The lowest BCUT2D eigenvalue weighted by molar-refractivity contribution is 0.0937. The fourth-order valence-corrected chi connectivity index (χ4v) is 1.92. The number of benzene rings is 1. The zero-order chi connectivity index (χ0) is 13.9. The number of phenolic OH excluding ortho intramolecular Hbond substituents is 2. The summed E-state index contributed by atoms with van der Waals surface area (Å²) in [6.45, 7) is 7.91. The highest BCUT2D eigenvalue weighted by Gasteiger charge is 2.22. The summed E-state index contributed by atoms with van der Waals surface area (Å²) in [6.07, 6.45) is 1.74. The Balaban J connectivity index is 3.11. The predicted molar refractivity (Wildman–Crippen MR) is 72.2 cm³/mol. The van der Waals surface area contributed by atoms with Crippen molar-refractivity contribution in [2.75, 3.05) is 0 Å². The third kappa shape index (κ3) is 3.49. The average Bonchev–Trinajstić information content (AvgIpc) is 2.21. The van der Waals surface area contributed by atoms with E-state index in [4.69, 9.17) is 0 Å². The monoisotopic (exact) mass is 250 g/mol. The smallest absolute Gasteiger partial charge is 0.167 e. The van der Waals surface area contributed by atoms with Crippen LogP contribution < -0.4 is 0 Å². The molecule has 0 saturated heterocycles. The molecule has 1 aromatic rings. The van der Waals surface area contributed by atoms with Gasteiger partial charge in [0.25, 0.3) is 0 Å². The van der Waals surface area contributed by atoms with E-state index < -0.39 is 0 Å². The first kappa shape index (κ1) is 14.6. The first-order valence-corrected chi connectivity index (χ1v) is 6.33. The molecule has 0 atom stereocenters. The van der Waals surface area contributed by atoms with E-state index in [9.17, 15) is 15.0 Å². The number of Topliss-reactive ketones (excluding diaryl/α,β-unsaturated/α-hetero) is 1. The quantitative estimate of drug-likeness (QED) is 0.802. The molecule has 0 spiro atoms. The molecule has 0 saturated carbocycles. The van der Waals surface area contributed by atoms with Gasteiger partial charge in [0.1, 0.15) is 11.5 Å². The lowest BCUT2D eigenvalue weighted by Crippen LogP contribution is -2.13. The molecule has 0 amide bonds. The van der Waals surface area contributed by atoms with Crippen molar-refractivity contribution >= 4 is 5.78 Å². The van der Waals surface area contributed by atoms with Crippen LogP contribution in [-0.2, 0) is 6.42 Å². The second kappa shape index (κ2) is 5.42. The Kier molecular flexibility index (Phi) is 4.38. The zero-order valence-electron chi connectivity index (χ0n) is 11.6. The summed E-state index contributed by atoms with van der Waals surface area (Å²) >= 11 is 0. The molecule has 100 valence electrons. The number of rotatable bonds is 4. The average molecular weight is 250 g/mol. The van der Waals surface area contributed by atoms with E-state index >= 15 is 0 Å². The fraction of sp³-hybridized carbons (Fsp3) is 0.533. The van der Waals surface area contributed by atoms with Gasteiger partial charge in [-0.2, -0.15) is 0 Å². The molecule has 0 bridgehead atoms. The molecule has 3 heteroatoms. The molecule has 2 N–H and O–H groups in total. The highest BCUT2D eigenvalue weighted by molar-refractivity contribution is 5.99. The lowest BCUT2D eigenvalue weighted by atomic mass is 9.87. The standard InChI is InChI=1S/C15H22O3/c1-5-6-10-12(16)8-7-11(14(10)18)13(17)9-15(2,3)4/h7-8,16,18H,5-6,9H2,1-4H3. The van der Waals surface area contributed by atoms with Gasteiger partial charge < -0.3 is 10.2 Å². The van der Waals surface area contributed by atoms with Crippen LogP contribution in [0.1, 0.15) is 56.5 Å². The highest BCUT2D eigenvalue weighted by atomic mass is 16.3. The molecule has 0 radical (unpaired) electrons. The Labute approximate surface area is 108 Å². The highest BCUT2D eigenvalue weighted by Crippen LogP contribution is 2.34. The number of carbonyl (C=O) groups is 1. The van der Waals surface area contributed by atoms with E-state index in [0.29, 0.717) is 24.0 Å². The van der Waals surface area contributed by atoms with E-state index in [1.54, 1.807) is 0 Å². The van der Waals surface area contributed by atoms with Gasteiger partial charge in [0.15, 0.2) is 5.78 Å². The largest absolute Gasteiger partial charge is 0.508 e. The minimum Gasteiger partial charge on any atom is -0.508 e. The molecule has 0 aliphatic heterocycles. The summed E-state index contributed by atoms with van der Waals surface area (Å²) in [5.74, 6) is -0.0925. The van der Waals surface area contributed by atoms with Crippen LogP contribution in [0.25, 0.3) is 0 Å². The number of aromatic hydroxyl groups is 2. The first-order chi connectivity index (χ1) is 8.26. The van der Waals surface area contributed by atoms with Crippen LogP contribution in [0.4, 0.5) is 0 Å². The van der Waals surface area contributed by atoms with E-state index in [0.717, 1.165) is 6.42 Å². The molecule has 0 unspecified atom stereocenters. The third-order valence-electron chi connectivity index (χ3n) is 2.75.